The topological polar surface area (TPSA) is 84.6 Å². The Hall–Kier alpha value is -2.44. The van der Waals surface area contributed by atoms with Crippen LogP contribution in [0.1, 0.15) is 27.9 Å². The van der Waals surface area contributed by atoms with Gasteiger partial charge in [-0.3, -0.25) is 4.79 Å². The number of ether oxygens (including phenoxy) is 1. The molecule has 0 aromatic heterocycles. The van der Waals surface area contributed by atoms with Gasteiger partial charge in [0.2, 0.25) is 0 Å². The normalized spacial score (nSPS) is 10.5. The van der Waals surface area contributed by atoms with E-state index in [9.17, 15) is 9.18 Å². The minimum atomic E-state index is -0.506. The average molecular weight is 332 g/mol. The third-order valence-corrected chi connectivity index (χ3v) is 3.42. The number of carbonyl (C=O) groups excluding carboxylic acids is 1. The molecule has 0 aliphatic rings. The summed E-state index contributed by atoms with van der Waals surface area (Å²) in [4.78, 5) is 12.3. The number of nitrogens with one attached hydrogen (secondary N) is 1. The Morgan fingerprint density at radius 2 is 2.00 bits per heavy atom. The first-order valence-corrected chi connectivity index (χ1v) is 7.73. The molecule has 0 fully saturated rings. The molecule has 128 valence electrons. The fourth-order valence-corrected chi connectivity index (χ4v) is 2.19. The molecule has 0 saturated heterocycles. The molecule has 4 N–H and O–H groups in total. The summed E-state index contributed by atoms with van der Waals surface area (Å²) < 4.78 is 19.0. The molecule has 0 aliphatic heterocycles. The van der Waals surface area contributed by atoms with Crippen molar-refractivity contribution in [2.75, 3.05) is 13.2 Å². The van der Waals surface area contributed by atoms with Crippen LogP contribution in [0.5, 0.6) is 5.75 Å². The highest BCUT2D eigenvalue weighted by atomic mass is 19.1. The summed E-state index contributed by atoms with van der Waals surface area (Å²) >= 11 is 0. The highest BCUT2D eigenvalue weighted by molar-refractivity contribution is 5.96. The van der Waals surface area contributed by atoms with Crippen LogP contribution in [-0.4, -0.2) is 24.2 Å². The quantitative estimate of drug-likeness (QED) is 0.645. The highest BCUT2D eigenvalue weighted by Crippen LogP contribution is 2.20. The summed E-state index contributed by atoms with van der Waals surface area (Å²) in [5.41, 5.74) is 7.16. The number of nitrogens with two attached hydrogens (primary N) is 1. The van der Waals surface area contributed by atoms with E-state index < -0.39 is 11.7 Å². The van der Waals surface area contributed by atoms with E-state index >= 15 is 0 Å². The second-order valence-electron chi connectivity index (χ2n) is 5.29. The monoisotopic (exact) mass is 332 g/mol. The first-order chi connectivity index (χ1) is 11.6. The Bertz CT molecular complexity index is 692. The largest absolute Gasteiger partial charge is 0.493 e. The molecule has 0 unspecified atom stereocenters. The zero-order valence-corrected chi connectivity index (χ0v) is 13.3. The molecule has 24 heavy (non-hydrogen) atoms. The van der Waals surface area contributed by atoms with E-state index in [-0.39, 0.29) is 18.7 Å². The fourth-order valence-electron chi connectivity index (χ4n) is 2.19. The molecule has 5 nitrogen and oxygen atoms in total. The van der Waals surface area contributed by atoms with E-state index in [1.165, 1.54) is 12.1 Å². The van der Waals surface area contributed by atoms with Gasteiger partial charge in [-0.25, -0.2) is 4.39 Å². The van der Waals surface area contributed by atoms with Gasteiger partial charge in [-0.1, -0.05) is 24.3 Å². The third-order valence-electron chi connectivity index (χ3n) is 3.42. The fraction of sp³-hybridized carbons (Fsp3) is 0.278. The molecule has 0 aliphatic carbocycles. The van der Waals surface area contributed by atoms with Gasteiger partial charge in [-0.05, 0) is 42.3 Å². The van der Waals surface area contributed by atoms with Crippen molar-refractivity contribution in [2.24, 2.45) is 5.73 Å². The van der Waals surface area contributed by atoms with Gasteiger partial charge < -0.3 is 20.9 Å². The van der Waals surface area contributed by atoms with E-state index in [1.807, 2.05) is 6.07 Å². The second-order valence-corrected chi connectivity index (χ2v) is 5.29. The van der Waals surface area contributed by atoms with Crippen molar-refractivity contribution in [1.82, 2.24) is 5.32 Å². The predicted octanol–water partition coefficient (Wildman–Crippen LogP) is 1.98. The summed E-state index contributed by atoms with van der Waals surface area (Å²) in [6, 6.07) is 11.1. The molecular formula is C18H21FN2O3. The molecule has 1 amide bonds. The van der Waals surface area contributed by atoms with Crippen molar-refractivity contribution in [3.05, 3.63) is 65.0 Å². The Labute approximate surface area is 140 Å². The molecular weight excluding hydrogens is 311 g/mol. The van der Waals surface area contributed by atoms with Crippen molar-refractivity contribution in [1.29, 1.82) is 0 Å². The van der Waals surface area contributed by atoms with E-state index in [4.69, 9.17) is 15.6 Å². The molecule has 0 bridgehead atoms. The number of hydrogen-bond acceptors (Lipinski definition) is 4. The van der Waals surface area contributed by atoms with Gasteiger partial charge in [0.15, 0.2) is 0 Å². The zero-order chi connectivity index (χ0) is 17.4. The minimum Gasteiger partial charge on any atom is -0.493 e. The Balaban J connectivity index is 2.06. The van der Waals surface area contributed by atoms with Crippen LogP contribution >= 0.6 is 0 Å². The SMILES string of the molecule is NCCCOc1ccc(F)cc1C(=O)NCc1cccc(CO)c1. The predicted molar refractivity (Wildman–Crippen MR) is 89.1 cm³/mol. The van der Waals surface area contributed by atoms with Crippen LogP contribution in [0.3, 0.4) is 0 Å². The summed E-state index contributed by atoms with van der Waals surface area (Å²) in [6.07, 6.45) is 0.645. The summed E-state index contributed by atoms with van der Waals surface area (Å²) in [7, 11) is 0. The number of aliphatic hydroxyl groups excluding tert-OH is 1. The Morgan fingerprint density at radius 1 is 1.21 bits per heavy atom. The number of aliphatic hydroxyl groups is 1. The maximum Gasteiger partial charge on any atom is 0.255 e. The molecule has 2 rings (SSSR count). The van der Waals surface area contributed by atoms with Crippen LogP contribution in [0.4, 0.5) is 4.39 Å². The molecule has 0 heterocycles. The van der Waals surface area contributed by atoms with Crippen molar-refractivity contribution in [3.63, 3.8) is 0 Å². The average Bonchev–Trinajstić information content (AvgIpc) is 2.61. The number of halogens is 1. The van der Waals surface area contributed by atoms with Gasteiger partial charge in [0.1, 0.15) is 11.6 Å². The van der Waals surface area contributed by atoms with Gasteiger partial charge in [-0.2, -0.15) is 0 Å². The smallest absolute Gasteiger partial charge is 0.255 e. The maximum absolute atomic E-state index is 13.5. The maximum atomic E-state index is 13.5. The molecule has 2 aromatic rings. The Kier molecular flexibility index (Phi) is 6.72. The van der Waals surface area contributed by atoms with Crippen LogP contribution in [0, 0.1) is 5.82 Å². The van der Waals surface area contributed by atoms with Gasteiger partial charge >= 0.3 is 0 Å². The first kappa shape index (κ1) is 17.9. The molecule has 0 saturated carbocycles. The van der Waals surface area contributed by atoms with Gasteiger partial charge in [-0.15, -0.1) is 0 Å². The standard InChI is InChI=1S/C18H21FN2O3/c19-15-5-6-17(24-8-2-7-20)16(10-15)18(23)21-11-13-3-1-4-14(9-13)12-22/h1,3-6,9-10,22H,2,7-8,11-12,20H2,(H,21,23). The second kappa shape index (κ2) is 9.00. The van der Waals surface area contributed by atoms with Crippen LogP contribution in [0.15, 0.2) is 42.5 Å². The van der Waals surface area contributed by atoms with Crippen molar-refractivity contribution >= 4 is 5.91 Å². The van der Waals surface area contributed by atoms with Gasteiger partial charge in [0.05, 0.1) is 18.8 Å². The molecule has 0 spiro atoms. The van der Waals surface area contributed by atoms with Crippen molar-refractivity contribution < 1.29 is 19.0 Å². The summed E-state index contributed by atoms with van der Waals surface area (Å²) in [5, 5.41) is 11.9. The van der Waals surface area contributed by atoms with Gasteiger partial charge in [0.25, 0.3) is 5.91 Å². The van der Waals surface area contributed by atoms with Crippen molar-refractivity contribution in [3.8, 4) is 5.75 Å². The highest BCUT2D eigenvalue weighted by Gasteiger charge is 2.14. The lowest BCUT2D eigenvalue weighted by Crippen LogP contribution is -2.24. The van der Waals surface area contributed by atoms with E-state index in [0.717, 1.165) is 17.2 Å². The lowest BCUT2D eigenvalue weighted by Gasteiger charge is -2.12. The van der Waals surface area contributed by atoms with E-state index in [2.05, 4.69) is 5.32 Å². The van der Waals surface area contributed by atoms with E-state index in [1.54, 1.807) is 18.2 Å². The zero-order valence-electron chi connectivity index (χ0n) is 13.3. The number of hydrogen-bond donors (Lipinski definition) is 3. The first-order valence-electron chi connectivity index (χ1n) is 7.73. The van der Waals surface area contributed by atoms with Gasteiger partial charge in [0, 0.05) is 6.54 Å². The molecule has 2 aromatic carbocycles. The Morgan fingerprint density at radius 3 is 2.75 bits per heavy atom. The molecule has 0 radical (unpaired) electrons. The van der Waals surface area contributed by atoms with Crippen LogP contribution < -0.4 is 15.8 Å². The molecule has 6 heteroatoms. The molecule has 0 atom stereocenters. The van der Waals surface area contributed by atoms with E-state index in [0.29, 0.717) is 25.3 Å². The lowest BCUT2D eigenvalue weighted by atomic mass is 10.1. The van der Waals surface area contributed by atoms with Crippen LogP contribution in [-0.2, 0) is 13.2 Å². The number of carbonyl (C=O) groups is 1. The number of rotatable bonds is 8. The summed E-state index contributed by atoms with van der Waals surface area (Å²) in [5.74, 6) is -0.605. The van der Waals surface area contributed by atoms with Crippen LogP contribution in [0.2, 0.25) is 0 Å². The number of benzene rings is 2. The third kappa shape index (κ3) is 5.04. The van der Waals surface area contributed by atoms with Crippen LogP contribution in [0.25, 0.3) is 0 Å². The summed E-state index contributed by atoms with van der Waals surface area (Å²) in [6.45, 7) is 1.04. The van der Waals surface area contributed by atoms with Crippen molar-refractivity contribution in [2.45, 2.75) is 19.6 Å². The minimum absolute atomic E-state index is 0.0647. The lowest BCUT2D eigenvalue weighted by molar-refractivity contribution is 0.0946. The number of amides is 1.